The van der Waals surface area contributed by atoms with Gasteiger partial charge in [0, 0.05) is 22.1 Å². The highest BCUT2D eigenvalue weighted by Gasteiger charge is 2.21. The van der Waals surface area contributed by atoms with Crippen LogP contribution in [-0.2, 0) is 4.79 Å². The van der Waals surface area contributed by atoms with E-state index in [4.69, 9.17) is 18.0 Å². The Bertz CT molecular complexity index is 467. The lowest BCUT2D eigenvalue weighted by molar-refractivity contribution is -0.118. The minimum Gasteiger partial charge on any atom is -0.300 e. The van der Waals surface area contributed by atoms with Crippen LogP contribution in [0.2, 0.25) is 5.02 Å². The molecule has 0 unspecified atom stereocenters. The third-order valence-electron chi connectivity index (χ3n) is 2.34. The lowest BCUT2D eigenvalue weighted by Crippen LogP contribution is -2.30. The zero-order chi connectivity index (χ0) is 11.5. The molecule has 1 aliphatic heterocycles. The molecule has 82 valence electrons. The highest BCUT2D eigenvalue weighted by Crippen LogP contribution is 2.35. The Labute approximate surface area is 104 Å². The van der Waals surface area contributed by atoms with E-state index in [1.807, 2.05) is 12.1 Å². The molecule has 1 heterocycles. The van der Waals surface area contributed by atoms with Gasteiger partial charge < -0.3 is 0 Å². The summed E-state index contributed by atoms with van der Waals surface area (Å²) in [5, 5.41) is 0.621. The highest BCUT2D eigenvalue weighted by atomic mass is 35.5. The van der Waals surface area contributed by atoms with Gasteiger partial charge >= 0.3 is 0 Å². The molecule has 2 rings (SSSR count). The van der Waals surface area contributed by atoms with Gasteiger partial charge in [-0.15, -0.1) is 18.2 Å². The Morgan fingerprint density at radius 3 is 3.12 bits per heavy atom. The summed E-state index contributed by atoms with van der Waals surface area (Å²) in [4.78, 5) is 14.5. The molecule has 0 aromatic heterocycles. The molecule has 2 nitrogen and oxygen atoms in total. The number of carbonyl (C=O) groups is 1. The summed E-state index contributed by atoms with van der Waals surface area (Å²) in [5.41, 5.74) is 0.831. The van der Waals surface area contributed by atoms with Crippen LogP contribution in [0.25, 0.3) is 0 Å². The summed E-state index contributed by atoms with van der Waals surface area (Å²) in [6, 6.07) is 5.56. The van der Waals surface area contributed by atoms with Crippen LogP contribution < -0.4 is 4.90 Å². The standard InChI is InChI=1S/C12H10ClNOS/c1-2-6-14-10-8-9(13)3-4-11(10)16-7-5-12(14)15/h1,3-4,8H,5-7H2. The molecular weight excluding hydrogens is 242 g/mol. The van der Waals surface area contributed by atoms with E-state index in [1.54, 1.807) is 22.7 Å². The van der Waals surface area contributed by atoms with Crippen LogP contribution in [-0.4, -0.2) is 18.2 Å². The third kappa shape index (κ3) is 2.18. The van der Waals surface area contributed by atoms with E-state index in [-0.39, 0.29) is 5.91 Å². The SMILES string of the molecule is C#CCN1C(=O)CCSc2ccc(Cl)cc21. The fourth-order valence-electron chi connectivity index (χ4n) is 1.61. The molecule has 0 saturated heterocycles. The maximum Gasteiger partial charge on any atom is 0.228 e. The molecule has 0 bridgehead atoms. The van der Waals surface area contributed by atoms with Gasteiger partial charge in [0.15, 0.2) is 0 Å². The fraction of sp³-hybridized carbons (Fsp3) is 0.250. The normalized spacial score (nSPS) is 15.2. The molecule has 0 fully saturated rings. The Hall–Kier alpha value is -1.11. The van der Waals surface area contributed by atoms with Gasteiger partial charge in [0.25, 0.3) is 0 Å². The molecule has 16 heavy (non-hydrogen) atoms. The number of carbonyl (C=O) groups excluding carboxylic acids is 1. The first-order chi connectivity index (χ1) is 7.72. The van der Waals surface area contributed by atoms with Gasteiger partial charge in [0.05, 0.1) is 12.2 Å². The molecule has 0 aliphatic carbocycles. The zero-order valence-corrected chi connectivity index (χ0v) is 10.1. The number of rotatable bonds is 1. The Morgan fingerprint density at radius 1 is 1.56 bits per heavy atom. The molecular formula is C12H10ClNOS. The Morgan fingerprint density at radius 2 is 2.38 bits per heavy atom. The van der Waals surface area contributed by atoms with Crippen molar-refractivity contribution in [1.82, 2.24) is 0 Å². The van der Waals surface area contributed by atoms with Crippen LogP contribution in [0.3, 0.4) is 0 Å². The predicted octanol–water partition coefficient (Wildman–Crippen LogP) is 2.80. The van der Waals surface area contributed by atoms with E-state index in [9.17, 15) is 4.79 Å². The molecule has 1 aromatic carbocycles. The molecule has 1 aliphatic rings. The first-order valence-corrected chi connectivity index (χ1v) is 6.25. The molecule has 1 amide bonds. The van der Waals surface area contributed by atoms with Crippen molar-refractivity contribution in [2.45, 2.75) is 11.3 Å². The average molecular weight is 252 g/mol. The van der Waals surface area contributed by atoms with Gasteiger partial charge in [0.1, 0.15) is 0 Å². The number of benzene rings is 1. The van der Waals surface area contributed by atoms with Crippen molar-refractivity contribution in [2.24, 2.45) is 0 Å². The van der Waals surface area contributed by atoms with Crippen molar-refractivity contribution < 1.29 is 4.79 Å². The van der Waals surface area contributed by atoms with Crippen LogP contribution in [0, 0.1) is 12.3 Å². The summed E-state index contributed by atoms with van der Waals surface area (Å²) in [6.07, 6.45) is 5.80. The topological polar surface area (TPSA) is 20.3 Å². The van der Waals surface area contributed by atoms with Gasteiger partial charge in [-0.1, -0.05) is 17.5 Å². The first kappa shape index (κ1) is 11.4. The number of hydrogen-bond donors (Lipinski definition) is 0. The molecule has 0 radical (unpaired) electrons. The largest absolute Gasteiger partial charge is 0.300 e. The van der Waals surface area contributed by atoms with E-state index in [0.717, 1.165) is 16.3 Å². The summed E-state index contributed by atoms with van der Waals surface area (Å²) < 4.78 is 0. The summed E-state index contributed by atoms with van der Waals surface area (Å²) in [7, 11) is 0. The number of amides is 1. The van der Waals surface area contributed by atoms with Gasteiger partial charge in [0.2, 0.25) is 5.91 Å². The van der Waals surface area contributed by atoms with E-state index in [2.05, 4.69) is 5.92 Å². The second-order valence-corrected chi connectivity index (χ2v) is 4.97. The summed E-state index contributed by atoms with van der Waals surface area (Å²) in [5.74, 6) is 3.36. The number of nitrogens with zero attached hydrogens (tertiary/aromatic N) is 1. The first-order valence-electron chi connectivity index (χ1n) is 4.88. The number of terminal acetylenes is 1. The lowest BCUT2D eigenvalue weighted by Gasteiger charge is -2.20. The number of halogens is 1. The molecule has 0 atom stereocenters. The average Bonchev–Trinajstić information content (AvgIpc) is 2.41. The van der Waals surface area contributed by atoms with E-state index in [1.165, 1.54) is 0 Å². The van der Waals surface area contributed by atoms with Crippen molar-refractivity contribution in [3.63, 3.8) is 0 Å². The maximum atomic E-state index is 11.9. The second kappa shape index (κ2) is 4.82. The Kier molecular flexibility index (Phi) is 3.42. The Balaban J connectivity index is 2.48. The summed E-state index contributed by atoms with van der Waals surface area (Å²) in [6.45, 7) is 0.298. The summed E-state index contributed by atoms with van der Waals surface area (Å²) >= 11 is 7.61. The van der Waals surface area contributed by atoms with Crippen LogP contribution in [0.1, 0.15) is 6.42 Å². The monoisotopic (exact) mass is 251 g/mol. The van der Waals surface area contributed by atoms with E-state index in [0.29, 0.717) is 18.0 Å². The number of thioether (sulfide) groups is 1. The third-order valence-corrected chi connectivity index (χ3v) is 3.64. The van der Waals surface area contributed by atoms with E-state index >= 15 is 0 Å². The number of fused-ring (bicyclic) bond motifs is 1. The zero-order valence-electron chi connectivity index (χ0n) is 8.57. The molecule has 1 aromatic rings. The van der Waals surface area contributed by atoms with Gasteiger partial charge in [-0.2, -0.15) is 0 Å². The minimum absolute atomic E-state index is 0.0615. The second-order valence-electron chi connectivity index (χ2n) is 3.39. The van der Waals surface area contributed by atoms with Crippen molar-refractivity contribution in [1.29, 1.82) is 0 Å². The number of hydrogen-bond acceptors (Lipinski definition) is 2. The van der Waals surface area contributed by atoms with Crippen LogP contribution in [0.5, 0.6) is 0 Å². The quantitative estimate of drug-likeness (QED) is 0.716. The molecule has 0 N–H and O–H groups in total. The highest BCUT2D eigenvalue weighted by molar-refractivity contribution is 7.99. The van der Waals surface area contributed by atoms with Crippen molar-refractivity contribution in [3.05, 3.63) is 23.2 Å². The van der Waals surface area contributed by atoms with Crippen LogP contribution in [0.15, 0.2) is 23.1 Å². The van der Waals surface area contributed by atoms with Gasteiger partial charge in [-0.25, -0.2) is 0 Å². The minimum atomic E-state index is 0.0615. The predicted molar refractivity (Wildman–Crippen MR) is 68.0 cm³/mol. The lowest BCUT2D eigenvalue weighted by atomic mass is 10.2. The smallest absolute Gasteiger partial charge is 0.228 e. The van der Waals surface area contributed by atoms with Crippen molar-refractivity contribution >= 4 is 35.0 Å². The van der Waals surface area contributed by atoms with Crippen molar-refractivity contribution in [3.8, 4) is 12.3 Å². The maximum absolute atomic E-state index is 11.9. The van der Waals surface area contributed by atoms with E-state index < -0.39 is 0 Å². The molecule has 0 spiro atoms. The van der Waals surface area contributed by atoms with Gasteiger partial charge in [-0.3, -0.25) is 9.69 Å². The van der Waals surface area contributed by atoms with Gasteiger partial charge in [-0.05, 0) is 18.2 Å². The number of anilines is 1. The van der Waals surface area contributed by atoms with Crippen molar-refractivity contribution in [2.75, 3.05) is 17.2 Å². The molecule has 4 heteroatoms. The van der Waals surface area contributed by atoms with Crippen LogP contribution >= 0.6 is 23.4 Å². The molecule has 0 saturated carbocycles. The fourth-order valence-corrected chi connectivity index (χ4v) is 2.75. The van der Waals surface area contributed by atoms with Crippen LogP contribution in [0.4, 0.5) is 5.69 Å².